The third kappa shape index (κ3) is 2.18. The Morgan fingerprint density at radius 3 is 2.47 bits per heavy atom. The van der Waals surface area contributed by atoms with Gasteiger partial charge in [0.2, 0.25) is 5.91 Å². The number of anilines is 1. The van der Waals surface area contributed by atoms with E-state index in [0.29, 0.717) is 5.56 Å². The molecule has 0 spiro atoms. The summed E-state index contributed by atoms with van der Waals surface area (Å²) in [6.07, 6.45) is 1.65. The van der Waals surface area contributed by atoms with E-state index < -0.39 is 5.91 Å². The average Bonchev–Trinajstić information content (AvgIpc) is 2.15. The normalized spacial score (nSPS) is 9.80. The van der Waals surface area contributed by atoms with Gasteiger partial charge in [-0.05, 0) is 30.2 Å². The van der Waals surface area contributed by atoms with Crippen LogP contribution in [0.5, 0.6) is 0 Å². The van der Waals surface area contributed by atoms with Gasteiger partial charge in [0.25, 0.3) is 0 Å². The Bertz CT molecular complexity index is 408. The Balaban J connectivity index is 3.44. The highest BCUT2D eigenvalue weighted by Gasteiger charge is 2.11. The SMILES string of the molecule is C=Cc1cc(N(C)C)cc(C)c1C(N)=O. The van der Waals surface area contributed by atoms with E-state index in [1.165, 1.54) is 0 Å². The zero-order valence-corrected chi connectivity index (χ0v) is 9.37. The van der Waals surface area contributed by atoms with Crippen molar-refractivity contribution in [2.24, 2.45) is 5.73 Å². The molecule has 0 aliphatic heterocycles. The lowest BCUT2D eigenvalue weighted by Gasteiger charge is -2.16. The van der Waals surface area contributed by atoms with Crippen molar-refractivity contribution in [1.82, 2.24) is 0 Å². The van der Waals surface area contributed by atoms with Crippen LogP contribution in [0.15, 0.2) is 18.7 Å². The van der Waals surface area contributed by atoms with E-state index in [9.17, 15) is 4.79 Å². The molecule has 0 heterocycles. The minimum absolute atomic E-state index is 0.410. The zero-order valence-electron chi connectivity index (χ0n) is 9.37. The number of nitrogens with zero attached hydrogens (tertiary/aromatic N) is 1. The lowest BCUT2D eigenvalue weighted by molar-refractivity contribution is 0.0999. The number of carbonyl (C=O) groups is 1. The molecule has 0 radical (unpaired) electrons. The predicted octanol–water partition coefficient (Wildman–Crippen LogP) is 1.80. The summed E-state index contributed by atoms with van der Waals surface area (Å²) in [5.41, 5.74) is 8.56. The molecule has 0 saturated heterocycles. The van der Waals surface area contributed by atoms with Crippen LogP contribution >= 0.6 is 0 Å². The van der Waals surface area contributed by atoms with Gasteiger partial charge in [0.15, 0.2) is 0 Å². The summed E-state index contributed by atoms with van der Waals surface area (Å²) < 4.78 is 0. The van der Waals surface area contributed by atoms with Gasteiger partial charge in [-0.2, -0.15) is 0 Å². The fourth-order valence-electron chi connectivity index (χ4n) is 1.55. The highest BCUT2D eigenvalue weighted by molar-refractivity contribution is 5.98. The van der Waals surface area contributed by atoms with Gasteiger partial charge in [0.05, 0.1) is 0 Å². The molecular formula is C12H16N2O. The molecule has 1 aromatic rings. The molecule has 0 fully saturated rings. The van der Waals surface area contributed by atoms with Crippen LogP contribution in [0.2, 0.25) is 0 Å². The molecule has 0 aliphatic rings. The Morgan fingerprint density at radius 2 is 2.07 bits per heavy atom. The van der Waals surface area contributed by atoms with Crippen molar-refractivity contribution in [2.75, 3.05) is 19.0 Å². The summed E-state index contributed by atoms with van der Waals surface area (Å²) >= 11 is 0. The summed E-state index contributed by atoms with van der Waals surface area (Å²) in [4.78, 5) is 13.2. The lowest BCUT2D eigenvalue weighted by Crippen LogP contribution is -2.16. The van der Waals surface area contributed by atoms with E-state index in [1.54, 1.807) is 6.08 Å². The van der Waals surface area contributed by atoms with Crippen molar-refractivity contribution in [3.05, 3.63) is 35.4 Å². The second kappa shape index (κ2) is 4.17. The van der Waals surface area contributed by atoms with Gasteiger partial charge in [-0.3, -0.25) is 4.79 Å². The Labute approximate surface area is 90.2 Å². The van der Waals surface area contributed by atoms with E-state index in [0.717, 1.165) is 16.8 Å². The van der Waals surface area contributed by atoms with Crippen molar-refractivity contribution in [3.8, 4) is 0 Å². The van der Waals surface area contributed by atoms with Crippen molar-refractivity contribution >= 4 is 17.7 Å². The van der Waals surface area contributed by atoms with E-state index in [2.05, 4.69) is 6.58 Å². The summed E-state index contributed by atoms with van der Waals surface area (Å²) in [6, 6.07) is 3.84. The highest BCUT2D eigenvalue weighted by atomic mass is 16.1. The molecule has 0 saturated carbocycles. The van der Waals surface area contributed by atoms with Gasteiger partial charge in [-0.25, -0.2) is 0 Å². The number of hydrogen-bond acceptors (Lipinski definition) is 2. The molecule has 0 atom stereocenters. The topological polar surface area (TPSA) is 46.3 Å². The summed E-state index contributed by atoms with van der Waals surface area (Å²) in [7, 11) is 3.90. The van der Waals surface area contributed by atoms with Crippen LogP contribution in [0.1, 0.15) is 21.5 Å². The number of primary amides is 1. The maximum Gasteiger partial charge on any atom is 0.249 e. The highest BCUT2D eigenvalue weighted by Crippen LogP contribution is 2.22. The molecular weight excluding hydrogens is 188 g/mol. The van der Waals surface area contributed by atoms with Crippen molar-refractivity contribution in [2.45, 2.75) is 6.92 Å². The average molecular weight is 204 g/mol. The number of nitrogens with two attached hydrogens (primary N) is 1. The van der Waals surface area contributed by atoms with Gasteiger partial charge in [0.1, 0.15) is 0 Å². The van der Waals surface area contributed by atoms with E-state index >= 15 is 0 Å². The third-order valence-corrected chi connectivity index (χ3v) is 2.33. The van der Waals surface area contributed by atoms with E-state index in [4.69, 9.17) is 5.73 Å². The first-order valence-electron chi connectivity index (χ1n) is 4.71. The molecule has 1 amide bonds. The van der Waals surface area contributed by atoms with Crippen LogP contribution in [-0.4, -0.2) is 20.0 Å². The van der Waals surface area contributed by atoms with Gasteiger partial charge < -0.3 is 10.6 Å². The first-order chi connectivity index (χ1) is 6.97. The van der Waals surface area contributed by atoms with Crippen LogP contribution in [0.4, 0.5) is 5.69 Å². The summed E-state index contributed by atoms with van der Waals surface area (Å²) in [6.45, 7) is 5.56. The molecule has 3 heteroatoms. The first-order valence-corrected chi connectivity index (χ1v) is 4.71. The fraction of sp³-hybridized carbons (Fsp3) is 0.250. The molecule has 1 rings (SSSR count). The van der Waals surface area contributed by atoms with Gasteiger partial charge in [-0.15, -0.1) is 0 Å². The van der Waals surface area contributed by atoms with Crippen LogP contribution in [0, 0.1) is 6.92 Å². The van der Waals surface area contributed by atoms with Crippen molar-refractivity contribution in [1.29, 1.82) is 0 Å². The molecule has 15 heavy (non-hydrogen) atoms. The minimum atomic E-state index is -0.410. The monoisotopic (exact) mass is 204 g/mol. The third-order valence-electron chi connectivity index (χ3n) is 2.33. The summed E-state index contributed by atoms with van der Waals surface area (Å²) in [5, 5.41) is 0. The van der Waals surface area contributed by atoms with Crippen molar-refractivity contribution < 1.29 is 4.79 Å². The van der Waals surface area contributed by atoms with Crippen LogP contribution in [0.25, 0.3) is 6.08 Å². The zero-order chi connectivity index (χ0) is 11.6. The molecule has 0 aliphatic carbocycles. The Hall–Kier alpha value is -1.77. The molecule has 1 aromatic carbocycles. The predicted molar refractivity (Wildman–Crippen MR) is 64.1 cm³/mol. The van der Waals surface area contributed by atoms with Gasteiger partial charge in [0, 0.05) is 25.3 Å². The number of amides is 1. The van der Waals surface area contributed by atoms with Crippen molar-refractivity contribution in [3.63, 3.8) is 0 Å². The lowest BCUT2D eigenvalue weighted by atomic mass is 10.00. The molecule has 2 N–H and O–H groups in total. The standard InChI is InChI=1S/C12H16N2O/c1-5-9-7-10(14(3)4)6-8(2)11(9)12(13)15/h5-7H,1H2,2-4H3,(H2,13,15). The second-order valence-electron chi connectivity index (χ2n) is 3.69. The molecule has 0 bridgehead atoms. The largest absolute Gasteiger partial charge is 0.378 e. The number of aryl methyl sites for hydroxylation is 1. The maximum absolute atomic E-state index is 11.2. The maximum atomic E-state index is 11.2. The smallest absolute Gasteiger partial charge is 0.249 e. The van der Waals surface area contributed by atoms with E-state index in [-0.39, 0.29) is 0 Å². The van der Waals surface area contributed by atoms with Crippen LogP contribution in [0.3, 0.4) is 0 Å². The molecule has 80 valence electrons. The first kappa shape index (κ1) is 11.3. The summed E-state index contributed by atoms with van der Waals surface area (Å²) in [5.74, 6) is -0.410. The molecule has 0 unspecified atom stereocenters. The molecule has 0 aromatic heterocycles. The quantitative estimate of drug-likeness (QED) is 0.816. The second-order valence-corrected chi connectivity index (χ2v) is 3.69. The Kier molecular flexibility index (Phi) is 3.14. The number of carbonyl (C=O) groups excluding carboxylic acids is 1. The molecule has 3 nitrogen and oxygen atoms in total. The van der Waals surface area contributed by atoms with Gasteiger partial charge in [-0.1, -0.05) is 12.7 Å². The number of hydrogen-bond donors (Lipinski definition) is 1. The Morgan fingerprint density at radius 1 is 1.47 bits per heavy atom. The van der Waals surface area contributed by atoms with Gasteiger partial charge >= 0.3 is 0 Å². The fourth-order valence-corrected chi connectivity index (χ4v) is 1.55. The van der Waals surface area contributed by atoms with Crippen LogP contribution < -0.4 is 10.6 Å². The van der Waals surface area contributed by atoms with E-state index in [1.807, 2.05) is 38.1 Å². The van der Waals surface area contributed by atoms with Crippen LogP contribution in [-0.2, 0) is 0 Å². The minimum Gasteiger partial charge on any atom is -0.378 e. The number of benzene rings is 1. The number of rotatable bonds is 3.